The largest absolute Gasteiger partial charge is 0.305 e. The van der Waals surface area contributed by atoms with Crippen molar-refractivity contribution in [3.63, 3.8) is 0 Å². The standard InChI is InChI=1S/C48H46N2S2/c1-27-21-29(3)45(30(4)22-27)39-17-19-41-37(25-39)13-11-15-43(41)49-33(7)35(9)51-47(49)48-50(34(8)36(10)52-48)44-16-12-14-38-26-40(18-20-42(38)44)46-31(5)23-28(2)24-32(46)6/h11-26H,1-10H3/b48-47+. The molecule has 6 aromatic rings. The van der Waals surface area contributed by atoms with Crippen LogP contribution in [0.25, 0.3) is 43.8 Å². The van der Waals surface area contributed by atoms with E-state index in [9.17, 15) is 0 Å². The van der Waals surface area contributed by atoms with E-state index in [1.165, 1.54) is 120 Å². The number of allylic oxidation sites excluding steroid dienone is 4. The molecule has 0 amide bonds. The Morgan fingerprint density at radius 2 is 0.769 bits per heavy atom. The van der Waals surface area contributed by atoms with Crippen LogP contribution in [0.3, 0.4) is 0 Å². The fourth-order valence-corrected chi connectivity index (χ4v) is 10.8. The number of anilines is 2. The van der Waals surface area contributed by atoms with Gasteiger partial charge in [0.2, 0.25) is 0 Å². The first kappa shape index (κ1) is 34.4. The molecule has 6 aromatic carbocycles. The summed E-state index contributed by atoms with van der Waals surface area (Å²) in [6.45, 7) is 22.4. The van der Waals surface area contributed by atoms with E-state index in [1.807, 2.05) is 23.5 Å². The average molecular weight is 715 g/mol. The summed E-state index contributed by atoms with van der Waals surface area (Å²) < 4.78 is 0. The molecule has 0 fully saturated rings. The summed E-state index contributed by atoms with van der Waals surface area (Å²) in [4.78, 5) is 7.68. The van der Waals surface area contributed by atoms with E-state index in [4.69, 9.17) is 0 Å². The molecular weight excluding hydrogens is 669 g/mol. The van der Waals surface area contributed by atoms with E-state index in [2.05, 4.69) is 176 Å². The van der Waals surface area contributed by atoms with Crippen LogP contribution in [0.4, 0.5) is 11.4 Å². The van der Waals surface area contributed by atoms with Gasteiger partial charge in [0.25, 0.3) is 0 Å². The summed E-state index contributed by atoms with van der Waals surface area (Å²) in [6, 6.07) is 36.8. The maximum Gasteiger partial charge on any atom is 0.116 e. The lowest BCUT2D eigenvalue weighted by Gasteiger charge is -2.29. The highest BCUT2D eigenvalue weighted by atomic mass is 32.2. The normalized spacial score (nSPS) is 16.4. The zero-order valence-corrected chi connectivity index (χ0v) is 33.6. The van der Waals surface area contributed by atoms with Gasteiger partial charge in [0.15, 0.2) is 0 Å². The minimum atomic E-state index is 1.22. The number of benzene rings is 6. The molecule has 0 radical (unpaired) electrons. The fourth-order valence-electron chi connectivity index (χ4n) is 8.51. The first-order valence-corrected chi connectivity index (χ1v) is 19.8. The Bertz CT molecular complexity index is 2360. The molecule has 0 saturated heterocycles. The molecule has 0 aromatic heterocycles. The second-order valence-electron chi connectivity index (χ2n) is 14.7. The molecule has 0 unspecified atom stereocenters. The molecule has 260 valence electrons. The van der Waals surface area contributed by atoms with Crippen molar-refractivity contribution < 1.29 is 0 Å². The van der Waals surface area contributed by atoms with Gasteiger partial charge >= 0.3 is 0 Å². The van der Waals surface area contributed by atoms with Crippen LogP contribution in [0.2, 0.25) is 0 Å². The smallest absolute Gasteiger partial charge is 0.116 e. The lowest BCUT2D eigenvalue weighted by atomic mass is 9.92. The van der Waals surface area contributed by atoms with Crippen molar-refractivity contribution in [3.8, 4) is 22.3 Å². The van der Waals surface area contributed by atoms with Gasteiger partial charge in [0.1, 0.15) is 10.1 Å². The molecular formula is C48H46N2S2. The third-order valence-corrected chi connectivity index (χ3v) is 13.4. The van der Waals surface area contributed by atoms with Crippen LogP contribution in [0.1, 0.15) is 61.1 Å². The van der Waals surface area contributed by atoms with E-state index in [1.54, 1.807) is 0 Å². The predicted molar refractivity (Wildman–Crippen MR) is 231 cm³/mol. The van der Waals surface area contributed by atoms with Gasteiger partial charge in [-0.05, 0) is 149 Å². The molecule has 2 nitrogen and oxygen atoms in total. The van der Waals surface area contributed by atoms with E-state index < -0.39 is 0 Å². The molecule has 52 heavy (non-hydrogen) atoms. The highest BCUT2D eigenvalue weighted by molar-refractivity contribution is 8.10. The molecule has 8 rings (SSSR count). The minimum absolute atomic E-state index is 1.22. The first-order valence-electron chi connectivity index (χ1n) is 18.2. The SMILES string of the molecule is CC1=C(C)N(c2cccc3cc(-c4c(C)cc(C)cc4C)ccc23)/C(=C2\SC(C)=C(C)N2c2cccc3cc(-c4c(C)cc(C)cc4C)ccc23)S1. The topological polar surface area (TPSA) is 6.48 Å². The Balaban J connectivity index is 1.26. The number of hydrogen-bond donors (Lipinski definition) is 0. The van der Waals surface area contributed by atoms with E-state index >= 15 is 0 Å². The second-order valence-corrected chi connectivity index (χ2v) is 17.1. The summed E-state index contributed by atoms with van der Waals surface area (Å²) in [5, 5.41) is 7.56. The van der Waals surface area contributed by atoms with Crippen LogP contribution in [0.15, 0.2) is 128 Å². The van der Waals surface area contributed by atoms with Crippen molar-refractivity contribution in [2.75, 3.05) is 9.80 Å². The van der Waals surface area contributed by atoms with E-state index in [0.29, 0.717) is 0 Å². The van der Waals surface area contributed by atoms with E-state index in [0.717, 1.165) is 0 Å². The Kier molecular flexibility index (Phi) is 8.67. The summed E-state index contributed by atoms with van der Waals surface area (Å²) in [5.74, 6) is 0. The predicted octanol–water partition coefficient (Wildman–Crippen LogP) is 14.6. The van der Waals surface area contributed by atoms with Crippen LogP contribution >= 0.6 is 23.5 Å². The van der Waals surface area contributed by atoms with Gasteiger partial charge in [-0.2, -0.15) is 0 Å². The van der Waals surface area contributed by atoms with E-state index in [-0.39, 0.29) is 0 Å². The summed E-state index contributed by atoms with van der Waals surface area (Å²) in [6.07, 6.45) is 0. The Morgan fingerprint density at radius 1 is 0.404 bits per heavy atom. The third-order valence-electron chi connectivity index (χ3n) is 10.9. The Labute approximate surface area is 317 Å². The number of hydrogen-bond acceptors (Lipinski definition) is 4. The molecule has 0 N–H and O–H groups in total. The van der Waals surface area contributed by atoms with Crippen LogP contribution in [-0.2, 0) is 0 Å². The highest BCUT2D eigenvalue weighted by Crippen LogP contribution is 2.55. The van der Waals surface area contributed by atoms with Crippen molar-refractivity contribution in [1.29, 1.82) is 0 Å². The summed E-state index contributed by atoms with van der Waals surface area (Å²) >= 11 is 3.79. The van der Waals surface area contributed by atoms with Gasteiger partial charge in [0, 0.05) is 32.0 Å². The van der Waals surface area contributed by atoms with Crippen molar-refractivity contribution in [3.05, 3.63) is 162 Å². The monoisotopic (exact) mass is 714 g/mol. The molecule has 0 atom stereocenters. The second kappa shape index (κ2) is 13.1. The molecule has 0 bridgehead atoms. The molecule has 4 heteroatoms. The maximum atomic E-state index is 2.51. The summed E-state index contributed by atoms with van der Waals surface area (Å²) in [7, 11) is 0. The zero-order valence-electron chi connectivity index (χ0n) is 31.9. The van der Waals surface area contributed by atoms with Gasteiger partial charge in [-0.1, -0.05) is 107 Å². The summed E-state index contributed by atoms with van der Waals surface area (Å²) in [5.41, 5.74) is 18.2. The van der Waals surface area contributed by atoms with Crippen molar-refractivity contribution in [2.24, 2.45) is 0 Å². The van der Waals surface area contributed by atoms with Crippen molar-refractivity contribution in [2.45, 2.75) is 69.2 Å². The number of rotatable bonds is 4. The number of fused-ring (bicyclic) bond motifs is 2. The number of aryl methyl sites for hydroxylation is 6. The quantitative estimate of drug-likeness (QED) is 0.179. The Morgan fingerprint density at radius 3 is 1.13 bits per heavy atom. The van der Waals surface area contributed by atoms with Crippen LogP contribution < -0.4 is 9.80 Å². The van der Waals surface area contributed by atoms with Gasteiger partial charge in [-0.3, -0.25) is 0 Å². The minimum Gasteiger partial charge on any atom is -0.305 e. The lowest BCUT2D eigenvalue weighted by molar-refractivity contribution is 1.09. The van der Waals surface area contributed by atoms with Gasteiger partial charge in [-0.25, -0.2) is 0 Å². The van der Waals surface area contributed by atoms with Crippen LogP contribution in [-0.4, -0.2) is 0 Å². The molecule has 2 aliphatic rings. The third kappa shape index (κ3) is 5.68. The van der Waals surface area contributed by atoms with Crippen LogP contribution in [0.5, 0.6) is 0 Å². The molecule has 0 spiro atoms. The first-order chi connectivity index (χ1) is 24.9. The van der Waals surface area contributed by atoms with Crippen molar-refractivity contribution >= 4 is 56.4 Å². The zero-order chi connectivity index (χ0) is 36.6. The van der Waals surface area contributed by atoms with Crippen molar-refractivity contribution in [1.82, 2.24) is 0 Å². The fraction of sp³-hybridized carbons (Fsp3) is 0.208. The lowest BCUT2D eigenvalue weighted by Crippen LogP contribution is -2.22. The molecule has 0 aliphatic carbocycles. The highest BCUT2D eigenvalue weighted by Gasteiger charge is 2.35. The number of thioether (sulfide) groups is 2. The van der Waals surface area contributed by atoms with Crippen LogP contribution in [0, 0.1) is 41.5 Å². The maximum absolute atomic E-state index is 2.51. The van der Waals surface area contributed by atoms with Gasteiger partial charge < -0.3 is 9.80 Å². The van der Waals surface area contributed by atoms with Gasteiger partial charge in [-0.15, -0.1) is 0 Å². The average Bonchev–Trinajstić information content (AvgIpc) is 3.55. The van der Waals surface area contributed by atoms with Gasteiger partial charge in [0.05, 0.1) is 11.4 Å². The Hall–Kier alpha value is -4.64. The molecule has 2 aliphatic heterocycles. The molecule has 0 saturated carbocycles. The molecule has 2 heterocycles. The number of nitrogens with zero attached hydrogens (tertiary/aromatic N) is 2.